The first-order valence-electron chi connectivity index (χ1n) is 8.97. The van der Waals surface area contributed by atoms with Crippen LogP contribution in [0, 0.1) is 0 Å². The maximum Gasteiger partial charge on any atom is 0.244 e. The van der Waals surface area contributed by atoms with Crippen LogP contribution in [0.1, 0.15) is 30.7 Å². The van der Waals surface area contributed by atoms with Gasteiger partial charge >= 0.3 is 0 Å². The smallest absolute Gasteiger partial charge is 0.244 e. The number of fused-ring (bicyclic) bond motifs is 1. The molecule has 0 spiro atoms. The molecule has 0 fully saturated rings. The lowest BCUT2D eigenvalue weighted by molar-refractivity contribution is -0.116. The van der Waals surface area contributed by atoms with Crippen LogP contribution in [0.4, 0.5) is 0 Å². The number of hydrogen-bond acceptors (Lipinski definition) is 4. The summed E-state index contributed by atoms with van der Waals surface area (Å²) in [5, 5.41) is 5.23. The van der Waals surface area contributed by atoms with Crippen LogP contribution in [0.15, 0.2) is 41.9 Å². The molecule has 5 nitrogen and oxygen atoms in total. The molecule has 3 aromatic rings. The third kappa shape index (κ3) is 4.97. The number of hydrogen-bond donors (Lipinski definition) is 1. The highest BCUT2D eigenvalue weighted by atomic mass is 35.5. The Morgan fingerprint density at radius 1 is 1.26 bits per heavy atom. The average molecular weight is 403 g/mol. The summed E-state index contributed by atoms with van der Waals surface area (Å²) in [4.78, 5) is 19.5. The van der Waals surface area contributed by atoms with Crippen molar-refractivity contribution in [3.63, 3.8) is 0 Å². The van der Waals surface area contributed by atoms with Gasteiger partial charge in [-0.1, -0.05) is 49.7 Å². The molecule has 0 aliphatic rings. The highest BCUT2D eigenvalue weighted by Gasteiger charge is 2.08. The second-order valence-electron chi connectivity index (χ2n) is 6.17. The van der Waals surface area contributed by atoms with Crippen molar-refractivity contribution in [2.75, 3.05) is 13.1 Å². The number of nitrogens with one attached hydrogen (secondary N) is 1. The normalized spacial score (nSPS) is 11.7. The van der Waals surface area contributed by atoms with E-state index in [1.54, 1.807) is 6.08 Å². The van der Waals surface area contributed by atoms with E-state index in [9.17, 15) is 4.79 Å². The predicted molar refractivity (Wildman–Crippen MR) is 112 cm³/mol. The van der Waals surface area contributed by atoms with Gasteiger partial charge in [0.05, 0.1) is 5.69 Å². The molecule has 0 radical (unpaired) electrons. The maximum absolute atomic E-state index is 12.1. The van der Waals surface area contributed by atoms with Gasteiger partial charge in [-0.25, -0.2) is 4.98 Å². The summed E-state index contributed by atoms with van der Waals surface area (Å²) >= 11 is 7.63. The molecule has 0 bridgehead atoms. The van der Waals surface area contributed by atoms with Gasteiger partial charge in [0.15, 0.2) is 10.1 Å². The van der Waals surface area contributed by atoms with E-state index in [2.05, 4.69) is 53.3 Å². The van der Waals surface area contributed by atoms with Crippen LogP contribution in [-0.4, -0.2) is 33.3 Å². The van der Waals surface area contributed by atoms with Gasteiger partial charge in [0.1, 0.15) is 0 Å². The summed E-state index contributed by atoms with van der Waals surface area (Å²) in [5.74, 6) is -0.163. The Labute approximate surface area is 168 Å². The number of carbonyl (C=O) groups excluding carboxylic acids is 1. The van der Waals surface area contributed by atoms with E-state index in [1.165, 1.54) is 23.0 Å². The summed E-state index contributed by atoms with van der Waals surface area (Å²) in [6, 6.07) is 8.36. The monoisotopic (exact) mass is 402 g/mol. The van der Waals surface area contributed by atoms with Crippen LogP contribution in [0.3, 0.4) is 0 Å². The van der Waals surface area contributed by atoms with Crippen molar-refractivity contribution in [1.29, 1.82) is 0 Å². The lowest BCUT2D eigenvalue weighted by Crippen LogP contribution is -2.22. The van der Waals surface area contributed by atoms with Crippen molar-refractivity contribution in [3.05, 3.63) is 63.9 Å². The molecular formula is C20H23ClN4OS. The van der Waals surface area contributed by atoms with Gasteiger partial charge in [-0.3, -0.25) is 14.1 Å². The number of benzene rings is 1. The number of amides is 1. The topological polar surface area (TPSA) is 49.6 Å². The van der Waals surface area contributed by atoms with Gasteiger partial charge in [-0.15, -0.1) is 11.3 Å². The van der Waals surface area contributed by atoms with E-state index in [4.69, 9.17) is 11.6 Å². The molecule has 1 amide bonds. The lowest BCUT2D eigenvalue weighted by atomic mass is 10.1. The summed E-state index contributed by atoms with van der Waals surface area (Å²) in [6.07, 6.45) is 5.07. The second-order valence-corrected chi connectivity index (χ2v) is 7.40. The standard InChI is InChI=1S/C20H23ClN4OS/c1-3-24(4-2)14-16-7-5-15(6-8-16)13-22-18(26)10-9-17-19(21)23-20-25(17)11-12-27-20/h5-12H,3-4,13-14H2,1-2H3,(H,22,26)/b10-9+. The molecule has 2 heterocycles. The van der Waals surface area contributed by atoms with E-state index in [1.807, 2.05) is 16.0 Å². The molecule has 7 heteroatoms. The van der Waals surface area contributed by atoms with Crippen LogP contribution in [0.2, 0.25) is 5.15 Å². The van der Waals surface area contributed by atoms with Crippen molar-refractivity contribution >= 4 is 39.9 Å². The van der Waals surface area contributed by atoms with Crippen molar-refractivity contribution in [3.8, 4) is 0 Å². The Morgan fingerprint density at radius 2 is 1.96 bits per heavy atom. The molecular weight excluding hydrogens is 380 g/mol. The zero-order chi connectivity index (χ0) is 19.2. The summed E-state index contributed by atoms with van der Waals surface area (Å²) in [7, 11) is 0. The van der Waals surface area contributed by atoms with E-state index in [0.29, 0.717) is 17.4 Å². The fraction of sp³-hybridized carbons (Fsp3) is 0.300. The first kappa shape index (κ1) is 19.6. The summed E-state index contributed by atoms with van der Waals surface area (Å²) in [6.45, 7) is 7.86. The minimum absolute atomic E-state index is 0.163. The first-order chi connectivity index (χ1) is 13.1. The fourth-order valence-corrected chi connectivity index (χ4v) is 3.80. The molecule has 2 aromatic heterocycles. The third-order valence-corrected chi connectivity index (χ3v) is 5.47. The van der Waals surface area contributed by atoms with Crippen molar-refractivity contribution in [2.24, 2.45) is 0 Å². The van der Waals surface area contributed by atoms with Gasteiger partial charge in [0.2, 0.25) is 5.91 Å². The minimum Gasteiger partial charge on any atom is -0.348 e. The average Bonchev–Trinajstić information content (AvgIpc) is 3.24. The quantitative estimate of drug-likeness (QED) is 0.574. The fourth-order valence-electron chi connectivity index (χ4n) is 2.80. The molecule has 0 saturated heterocycles. The molecule has 0 unspecified atom stereocenters. The third-order valence-electron chi connectivity index (χ3n) is 4.44. The van der Waals surface area contributed by atoms with Crippen LogP contribution in [-0.2, 0) is 17.9 Å². The maximum atomic E-state index is 12.1. The van der Waals surface area contributed by atoms with Crippen LogP contribution >= 0.6 is 22.9 Å². The number of thiazole rings is 1. The molecule has 1 aromatic carbocycles. The molecule has 3 rings (SSSR count). The first-order valence-corrected chi connectivity index (χ1v) is 10.2. The summed E-state index contributed by atoms with van der Waals surface area (Å²) in [5.41, 5.74) is 3.07. The number of rotatable bonds is 8. The molecule has 0 aliphatic heterocycles. The highest BCUT2D eigenvalue weighted by molar-refractivity contribution is 7.15. The highest BCUT2D eigenvalue weighted by Crippen LogP contribution is 2.22. The van der Waals surface area contributed by atoms with Crippen molar-refractivity contribution in [2.45, 2.75) is 26.9 Å². The number of nitrogens with zero attached hydrogens (tertiary/aromatic N) is 3. The van der Waals surface area contributed by atoms with Crippen molar-refractivity contribution < 1.29 is 4.79 Å². The zero-order valence-electron chi connectivity index (χ0n) is 15.5. The second kappa shape index (κ2) is 9.17. The number of halogens is 1. The van der Waals surface area contributed by atoms with Gasteiger partial charge in [0.25, 0.3) is 0 Å². The van der Waals surface area contributed by atoms with Crippen molar-refractivity contribution in [1.82, 2.24) is 19.6 Å². The number of imidazole rings is 1. The Balaban J connectivity index is 1.54. The van der Waals surface area contributed by atoms with Crippen LogP contribution < -0.4 is 5.32 Å². The molecule has 0 saturated carbocycles. The Kier molecular flexibility index (Phi) is 6.66. The molecule has 0 atom stereocenters. The zero-order valence-corrected chi connectivity index (χ0v) is 17.1. The van der Waals surface area contributed by atoms with Crippen LogP contribution in [0.5, 0.6) is 0 Å². The number of aromatic nitrogens is 2. The van der Waals surface area contributed by atoms with E-state index in [-0.39, 0.29) is 5.91 Å². The van der Waals surface area contributed by atoms with E-state index < -0.39 is 0 Å². The Hall–Kier alpha value is -2.15. The summed E-state index contributed by atoms with van der Waals surface area (Å²) < 4.78 is 1.87. The van der Waals surface area contributed by atoms with E-state index in [0.717, 1.165) is 30.2 Å². The predicted octanol–water partition coefficient (Wildman–Crippen LogP) is 4.22. The molecule has 1 N–H and O–H groups in total. The van der Waals surface area contributed by atoms with Gasteiger partial charge in [-0.2, -0.15) is 0 Å². The largest absolute Gasteiger partial charge is 0.348 e. The lowest BCUT2D eigenvalue weighted by Gasteiger charge is -2.18. The Morgan fingerprint density at radius 3 is 2.67 bits per heavy atom. The molecule has 27 heavy (non-hydrogen) atoms. The van der Waals surface area contributed by atoms with E-state index >= 15 is 0 Å². The van der Waals surface area contributed by atoms with Gasteiger partial charge in [-0.05, 0) is 30.3 Å². The number of carbonyl (C=O) groups is 1. The SMILES string of the molecule is CCN(CC)Cc1ccc(CNC(=O)/C=C/c2c(Cl)nc3sccn23)cc1. The minimum atomic E-state index is -0.163. The molecule has 0 aliphatic carbocycles. The molecule has 142 valence electrons. The van der Waals surface area contributed by atoms with Gasteiger partial charge < -0.3 is 5.32 Å². The Bertz CT molecular complexity index is 925. The van der Waals surface area contributed by atoms with Crippen LogP contribution in [0.25, 0.3) is 11.0 Å². The van der Waals surface area contributed by atoms with Gasteiger partial charge in [0, 0.05) is 30.7 Å².